The van der Waals surface area contributed by atoms with E-state index >= 15 is 0 Å². The van der Waals surface area contributed by atoms with Crippen molar-refractivity contribution in [3.05, 3.63) is 57.9 Å². The van der Waals surface area contributed by atoms with E-state index < -0.39 is 29.2 Å². The third-order valence-electron chi connectivity index (χ3n) is 5.24. The molecule has 1 unspecified atom stereocenters. The lowest BCUT2D eigenvalue weighted by atomic mass is 9.79. The lowest BCUT2D eigenvalue weighted by Crippen LogP contribution is -2.32. The number of allylic oxidation sites excluding steroid dienone is 2. The fourth-order valence-corrected chi connectivity index (χ4v) is 3.86. The van der Waals surface area contributed by atoms with Crippen LogP contribution < -0.4 is 5.32 Å². The molecule has 3 rings (SSSR count). The summed E-state index contributed by atoms with van der Waals surface area (Å²) in [6, 6.07) is 5.03. The molecule has 1 N–H and O–H groups in total. The summed E-state index contributed by atoms with van der Waals surface area (Å²) in [4.78, 5) is 17.6. The zero-order valence-corrected chi connectivity index (χ0v) is 18.3. The molecule has 8 heteroatoms. The lowest BCUT2D eigenvalue weighted by molar-refractivity contribution is -0.139. The predicted molar refractivity (Wildman–Crippen MR) is 111 cm³/mol. The first-order chi connectivity index (χ1) is 14.5. The molecule has 2 heterocycles. The Balaban J connectivity index is 2.25. The number of carbonyl (C=O) groups excluding carboxylic acids is 1. The molecule has 2 aliphatic rings. The summed E-state index contributed by atoms with van der Waals surface area (Å²) >= 11 is 0. The minimum Gasteiger partial charge on any atom is -0.475 e. The second kappa shape index (κ2) is 8.40. The minimum absolute atomic E-state index is 0.148. The highest BCUT2D eigenvalue weighted by molar-refractivity contribution is 6.03. The van der Waals surface area contributed by atoms with Crippen LogP contribution in [0.2, 0.25) is 0 Å². The number of hydrogen-bond acceptors (Lipinski definition) is 5. The molecule has 0 radical (unpaired) electrons. The Hall–Kier alpha value is -2.77. The Kier molecular flexibility index (Phi) is 6.21. The molecule has 1 aromatic carbocycles. The summed E-state index contributed by atoms with van der Waals surface area (Å²) in [6.07, 6.45) is -3.95. The number of hydrogen-bond donors (Lipinski definition) is 1. The van der Waals surface area contributed by atoms with Gasteiger partial charge in [0.1, 0.15) is 6.61 Å². The summed E-state index contributed by atoms with van der Waals surface area (Å²) in [7, 11) is 0. The van der Waals surface area contributed by atoms with Crippen molar-refractivity contribution in [2.75, 3.05) is 13.2 Å². The number of halogens is 3. The number of esters is 1. The molecule has 5 nitrogen and oxygen atoms in total. The SMILES string of the molecule is CCOC(=O)C1=C(C)NC(CC)=C(C2=NC(C)(C)CO2)C1c1cccc(C(F)(F)F)c1. The first-order valence-electron chi connectivity index (χ1n) is 10.3. The second-order valence-corrected chi connectivity index (χ2v) is 8.20. The molecule has 2 aliphatic heterocycles. The van der Waals surface area contributed by atoms with Crippen LogP contribution >= 0.6 is 0 Å². The molecule has 0 saturated heterocycles. The number of alkyl halides is 3. The van der Waals surface area contributed by atoms with Gasteiger partial charge in [-0.15, -0.1) is 0 Å². The van der Waals surface area contributed by atoms with Crippen molar-refractivity contribution >= 4 is 11.9 Å². The predicted octanol–water partition coefficient (Wildman–Crippen LogP) is 5.10. The standard InChI is InChI=1S/C23H27F3N2O3/c1-6-16-19(20-28-22(4,5)12-31-20)18(17(13(3)27-16)21(29)30-7-2)14-9-8-10-15(11-14)23(24,25)26/h8-11,18,27H,6-7,12H2,1-5H3. The highest BCUT2D eigenvalue weighted by Gasteiger charge is 2.41. The van der Waals surface area contributed by atoms with Crippen LogP contribution in [0.3, 0.4) is 0 Å². The van der Waals surface area contributed by atoms with Crippen LogP contribution in [-0.4, -0.2) is 30.6 Å². The fourth-order valence-electron chi connectivity index (χ4n) is 3.86. The van der Waals surface area contributed by atoms with E-state index in [-0.39, 0.29) is 12.2 Å². The van der Waals surface area contributed by atoms with Gasteiger partial charge in [-0.3, -0.25) is 0 Å². The van der Waals surface area contributed by atoms with Gasteiger partial charge in [0, 0.05) is 22.9 Å². The maximum absolute atomic E-state index is 13.5. The first kappa shape index (κ1) is 22.9. The lowest BCUT2D eigenvalue weighted by Gasteiger charge is -2.32. The molecule has 0 spiro atoms. The van der Waals surface area contributed by atoms with E-state index in [1.807, 2.05) is 20.8 Å². The van der Waals surface area contributed by atoms with Crippen molar-refractivity contribution in [1.29, 1.82) is 0 Å². The summed E-state index contributed by atoms with van der Waals surface area (Å²) < 4.78 is 51.5. The van der Waals surface area contributed by atoms with Crippen molar-refractivity contribution in [3.8, 4) is 0 Å². The van der Waals surface area contributed by atoms with Crippen LogP contribution in [-0.2, 0) is 20.4 Å². The van der Waals surface area contributed by atoms with Crippen LogP contribution in [0.4, 0.5) is 13.2 Å². The average Bonchev–Trinajstić information content (AvgIpc) is 3.05. The van der Waals surface area contributed by atoms with Gasteiger partial charge >= 0.3 is 12.1 Å². The van der Waals surface area contributed by atoms with Crippen LogP contribution in [0.5, 0.6) is 0 Å². The number of dihydropyridines is 1. The van der Waals surface area contributed by atoms with Gasteiger partial charge < -0.3 is 14.8 Å². The summed E-state index contributed by atoms with van der Waals surface area (Å²) in [5, 5.41) is 3.23. The fraction of sp³-hybridized carbons (Fsp3) is 0.478. The number of ether oxygens (including phenoxy) is 2. The Bertz CT molecular complexity index is 975. The van der Waals surface area contributed by atoms with Crippen molar-refractivity contribution in [2.45, 2.75) is 58.7 Å². The maximum atomic E-state index is 13.5. The van der Waals surface area contributed by atoms with E-state index in [1.165, 1.54) is 6.07 Å². The molecule has 0 fully saturated rings. The van der Waals surface area contributed by atoms with Gasteiger partial charge in [-0.25, -0.2) is 9.79 Å². The molecular formula is C23H27F3N2O3. The highest BCUT2D eigenvalue weighted by atomic mass is 19.4. The molecule has 0 saturated carbocycles. The third kappa shape index (κ3) is 4.62. The third-order valence-corrected chi connectivity index (χ3v) is 5.24. The summed E-state index contributed by atoms with van der Waals surface area (Å²) in [5.74, 6) is -1.04. The number of carbonyl (C=O) groups is 1. The molecule has 1 aromatic rings. The monoisotopic (exact) mass is 436 g/mol. The first-order valence-corrected chi connectivity index (χ1v) is 10.3. The van der Waals surface area contributed by atoms with Crippen molar-refractivity contribution in [3.63, 3.8) is 0 Å². The van der Waals surface area contributed by atoms with Gasteiger partial charge in [0.2, 0.25) is 5.90 Å². The molecule has 1 atom stereocenters. The quantitative estimate of drug-likeness (QED) is 0.653. The molecule has 0 aliphatic carbocycles. The molecule has 0 bridgehead atoms. The molecule has 0 aromatic heterocycles. The van der Waals surface area contributed by atoms with E-state index in [0.29, 0.717) is 35.8 Å². The van der Waals surface area contributed by atoms with Crippen LogP contribution in [0, 0.1) is 0 Å². The normalized spacial score (nSPS) is 20.9. The molecule has 31 heavy (non-hydrogen) atoms. The van der Waals surface area contributed by atoms with Crippen molar-refractivity contribution < 1.29 is 27.4 Å². The zero-order chi connectivity index (χ0) is 23.0. The summed E-state index contributed by atoms with van der Waals surface area (Å²) in [5.41, 5.74) is 1.20. The van der Waals surface area contributed by atoms with Gasteiger partial charge in [-0.05, 0) is 45.7 Å². The van der Waals surface area contributed by atoms with Gasteiger partial charge in [0.05, 0.1) is 23.3 Å². The smallest absolute Gasteiger partial charge is 0.416 e. The van der Waals surface area contributed by atoms with E-state index in [0.717, 1.165) is 17.8 Å². The molecule has 0 amide bonds. The van der Waals surface area contributed by atoms with Gasteiger partial charge in [-0.1, -0.05) is 25.1 Å². The average molecular weight is 436 g/mol. The van der Waals surface area contributed by atoms with E-state index in [2.05, 4.69) is 10.3 Å². The largest absolute Gasteiger partial charge is 0.475 e. The van der Waals surface area contributed by atoms with Crippen LogP contribution in [0.25, 0.3) is 0 Å². The number of benzene rings is 1. The topological polar surface area (TPSA) is 59.9 Å². The number of rotatable bonds is 5. The molecular weight excluding hydrogens is 409 g/mol. The Labute approximate surface area is 180 Å². The van der Waals surface area contributed by atoms with Gasteiger partial charge in [0.15, 0.2) is 0 Å². The maximum Gasteiger partial charge on any atom is 0.416 e. The minimum atomic E-state index is -4.51. The van der Waals surface area contributed by atoms with E-state index in [9.17, 15) is 18.0 Å². The zero-order valence-electron chi connectivity index (χ0n) is 18.3. The number of aliphatic imine (C=N–C) groups is 1. The van der Waals surface area contributed by atoms with Crippen molar-refractivity contribution in [2.24, 2.45) is 4.99 Å². The number of nitrogens with one attached hydrogen (secondary N) is 1. The molecule has 168 valence electrons. The van der Waals surface area contributed by atoms with Gasteiger partial charge in [0.25, 0.3) is 0 Å². The Morgan fingerprint density at radius 1 is 1.32 bits per heavy atom. The van der Waals surface area contributed by atoms with Crippen LogP contribution in [0.15, 0.2) is 51.8 Å². The van der Waals surface area contributed by atoms with Gasteiger partial charge in [-0.2, -0.15) is 13.2 Å². The Morgan fingerprint density at radius 3 is 2.58 bits per heavy atom. The highest BCUT2D eigenvalue weighted by Crippen LogP contribution is 2.43. The van der Waals surface area contributed by atoms with Crippen LogP contribution in [0.1, 0.15) is 58.1 Å². The summed E-state index contributed by atoms with van der Waals surface area (Å²) in [6.45, 7) is 9.65. The van der Waals surface area contributed by atoms with Crippen molar-refractivity contribution in [1.82, 2.24) is 5.32 Å². The Morgan fingerprint density at radius 2 is 2.03 bits per heavy atom. The van der Waals surface area contributed by atoms with E-state index in [1.54, 1.807) is 19.9 Å². The van der Waals surface area contributed by atoms with E-state index in [4.69, 9.17) is 9.47 Å². The second-order valence-electron chi connectivity index (χ2n) is 8.20. The number of nitrogens with zero attached hydrogens (tertiary/aromatic N) is 1.